The smallest absolute Gasteiger partial charge is 0.310 e. The topological polar surface area (TPSA) is 68.5 Å². The third-order valence-corrected chi connectivity index (χ3v) is 4.67. The Labute approximate surface area is 152 Å². The van der Waals surface area contributed by atoms with Crippen molar-refractivity contribution in [2.45, 2.75) is 32.7 Å². The van der Waals surface area contributed by atoms with E-state index >= 15 is 0 Å². The van der Waals surface area contributed by atoms with Gasteiger partial charge in [-0.15, -0.1) is 0 Å². The molecule has 0 bridgehead atoms. The normalized spacial score (nSPS) is 18.2. The summed E-state index contributed by atoms with van der Waals surface area (Å²) in [4.78, 5) is 18.5. The van der Waals surface area contributed by atoms with Gasteiger partial charge in [0.15, 0.2) is 5.82 Å². The van der Waals surface area contributed by atoms with Gasteiger partial charge in [0, 0.05) is 18.0 Å². The van der Waals surface area contributed by atoms with E-state index in [1.54, 1.807) is 0 Å². The molecule has 7 heteroatoms. The van der Waals surface area contributed by atoms with Crippen molar-refractivity contribution in [2.24, 2.45) is 5.92 Å². The summed E-state index contributed by atoms with van der Waals surface area (Å²) in [5.74, 6) is 0.991. The van der Waals surface area contributed by atoms with Crippen molar-refractivity contribution in [1.29, 1.82) is 0 Å². The molecule has 0 N–H and O–H groups in total. The van der Waals surface area contributed by atoms with E-state index in [9.17, 15) is 4.79 Å². The predicted molar refractivity (Wildman–Crippen MR) is 93.2 cm³/mol. The van der Waals surface area contributed by atoms with Crippen LogP contribution in [0.3, 0.4) is 0 Å². The minimum Gasteiger partial charge on any atom is -0.466 e. The highest BCUT2D eigenvalue weighted by Gasteiger charge is 2.27. The molecule has 6 nitrogen and oxygen atoms in total. The highest BCUT2D eigenvalue weighted by Crippen LogP contribution is 2.21. The average molecular weight is 364 g/mol. The van der Waals surface area contributed by atoms with E-state index in [-0.39, 0.29) is 11.9 Å². The van der Waals surface area contributed by atoms with Crippen LogP contribution in [0.1, 0.15) is 37.0 Å². The molecule has 1 aliphatic heterocycles. The lowest BCUT2D eigenvalue weighted by atomic mass is 9.98. The molecule has 1 atom stereocenters. The number of hydrogen-bond donors (Lipinski definition) is 0. The van der Waals surface area contributed by atoms with Gasteiger partial charge >= 0.3 is 5.97 Å². The van der Waals surface area contributed by atoms with E-state index in [4.69, 9.17) is 20.9 Å². The number of nitrogens with zero attached hydrogens (tertiary/aromatic N) is 3. The summed E-state index contributed by atoms with van der Waals surface area (Å²) < 4.78 is 10.5. The summed E-state index contributed by atoms with van der Waals surface area (Å²) in [6.07, 6.45) is 2.37. The van der Waals surface area contributed by atoms with Crippen LogP contribution in [-0.4, -0.2) is 40.7 Å². The first-order valence-corrected chi connectivity index (χ1v) is 8.97. The number of ether oxygens (including phenoxy) is 1. The maximum Gasteiger partial charge on any atom is 0.310 e. The van der Waals surface area contributed by atoms with Crippen LogP contribution in [0.4, 0.5) is 0 Å². The van der Waals surface area contributed by atoms with Crippen molar-refractivity contribution in [3.63, 3.8) is 0 Å². The van der Waals surface area contributed by atoms with Gasteiger partial charge in [-0.2, -0.15) is 4.98 Å². The van der Waals surface area contributed by atoms with Gasteiger partial charge in [0.05, 0.1) is 19.1 Å². The molecule has 2 heterocycles. The summed E-state index contributed by atoms with van der Waals surface area (Å²) in [7, 11) is 0. The van der Waals surface area contributed by atoms with Crippen molar-refractivity contribution in [1.82, 2.24) is 15.0 Å². The van der Waals surface area contributed by atoms with Crippen LogP contribution in [0.5, 0.6) is 0 Å². The molecule has 25 heavy (non-hydrogen) atoms. The zero-order valence-electron chi connectivity index (χ0n) is 14.3. The second-order valence-corrected chi connectivity index (χ2v) is 6.61. The van der Waals surface area contributed by atoms with Crippen molar-refractivity contribution in [2.75, 3.05) is 19.7 Å². The highest BCUT2D eigenvalue weighted by atomic mass is 35.5. The number of benzene rings is 1. The summed E-state index contributed by atoms with van der Waals surface area (Å²) in [5.41, 5.74) is 0.969. The van der Waals surface area contributed by atoms with E-state index in [2.05, 4.69) is 15.0 Å². The SMILES string of the molecule is CCOC(=O)[C@H]1CCCN(Cc2nc(Cc3ccccc3Cl)no2)C1. The number of piperidine rings is 1. The molecule has 1 aromatic carbocycles. The van der Waals surface area contributed by atoms with Gasteiger partial charge in [0.1, 0.15) is 0 Å². The quantitative estimate of drug-likeness (QED) is 0.734. The van der Waals surface area contributed by atoms with Crippen molar-refractivity contribution >= 4 is 17.6 Å². The predicted octanol–water partition coefficient (Wildman–Crippen LogP) is 3.09. The lowest BCUT2D eigenvalue weighted by Gasteiger charge is -2.30. The zero-order valence-corrected chi connectivity index (χ0v) is 15.0. The van der Waals surface area contributed by atoms with Gasteiger partial charge in [0.25, 0.3) is 0 Å². The number of esters is 1. The van der Waals surface area contributed by atoms with Crippen LogP contribution < -0.4 is 0 Å². The molecule has 0 spiro atoms. The van der Waals surface area contributed by atoms with Gasteiger partial charge in [-0.1, -0.05) is 35.0 Å². The maximum absolute atomic E-state index is 11.9. The van der Waals surface area contributed by atoms with E-state index in [1.807, 2.05) is 31.2 Å². The van der Waals surface area contributed by atoms with Crippen molar-refractivity contribution < 1.29 is 14.1 Å². The van der Waals surface area contributed by atoms with Crippen LogP contribution in [0.15, 0.2) is 28.8 Å². The Bertz CT molecular complexity index is 719. The fourth-order valence-electron chi connectivity index (χ4n) is 3.08. The van der Waals surface area contributed by atoms with Gasteiger partial charge < -0.3 is 9.26 Å². The molecule has 1 fully saturated rings. The number of rotatable bonds is 6. The Morgan fingerprint density at radius 2 is 2.28 bits per heavy atom. The molecule has 1 saturated heterocycles. The van der Waals surface area contributed by atoms with Crippen LogP contribution in [0.25, 0.3) is 0 Å². The summed E-state index contributed by atoms with van der Waals surface area (Å²) >= 11 is 6.17. The van der Waals surface area contributed by atoms with Crippen LogP contribution in [0.2, 0.25) is 5.02 Å². The highest BCUT2D eigenvalue weighted by molar-refractivity contribution is 6.31. The van der Waals surface area contributed by atoms with E-state index < -0.39 is 0 Å². The van der Waals surface area contributed by atoms with Crippen molar-refractivity contribution in [3.8, 4) is 0 Å². The summed E-state index contributed by atoms with van der Waals surface area (Å²) in [5, 5.41) is 4.74. The lowest BCUT2D eigenvalue weighted by Crippen LogP contribution is -2.39. The third kappa shape index (κ3) is 4.80. The Hall–Kier alpha value is -1.92. The summed E-state index contributed by atoms with van der Waals surface area (Å²) in [6, 6.07) is 7.63. The lowest BCUT2D eigenvalue weighted by molar-refractivity contribution is -0.150. The van der Waals surface area contributed by atoms with E-state index in [0.29, 0.717) is 42.9 Å². The first-order chi connectivity index (χ1) is 12.2. The summed E-state index contributed by atoms with van der Waals surface area (Å²) in [6.45, 7) is 4.38. The van der Waals surface area contributed by atoms with E-state index in [0.717, 1.165) is 24.9 Å². The maximum atomic E-state index is 11.9. The van der Waals surface area contributed by atoms with Crippen LogP contribution in [-0.2, 0) is 22.5 Å². The Balaban J connectivity index is 1.58. The molecule has 134 valence electrons. The zero-order chi connectivity index (χ0) is 17.6. The Morgan fingerprint density at radius 1 is 1.44 bits per heavy atom. The number of hydrogen-bond acceptors (Lipinski definition) is 6. The molecule has 0 unspecified atom stereocenters. The number of halogens is 1. The first-order valence-electron chi connectivity index (χ1n) is 8.59. The number of aromatic nitrogens is 2. The van der Waals surface area contributed by atoms with Gasteiger partial charge in [0.2, 0.25) is 5.89 Å². The standard InChI is InChI=1S/C18H22ClN3O3/c1-2-24-18(23)14-7-5-9-22(11-14)12-17-20-16(21-25-17)10-13-6-3-4-8-15(13)19/h3-4,6,8,14H,2,5,7,9-12H2,1H3/t14-/m0/s1. The second kappa shape index (κ2) is 8.45. The molecular weight excluding hydrogens is 342 g/mol. The fourth-order valence-corrected chi connectivity index (χ4v) is 3.28. The van der Waals surface area contributed by atoms with Gasteiger partial charge in [-0.25, -0.2) is 0 Å². The minimum absolute atomic E-state index is 0.0702. The molecular formula is C18H22ClN3O3. The molecule has 0 saturated carbocycles. The molecule has 3 rings (SSSR count). The van der Waals surface area contributed by atoms with Crippen LogP contribution in [0, 0.1) is 5.92 Å². The molecule has 0 amide bonds. The second-order valence-electron chi connectivity index (χ2n) is 6.20. The largest absolute Gasteiger partial charge is 0.466 e. The number of carbonyl (C=O) groups excluding carboxylic acids is 1. The fraction of sp³-hybridized carbons (Fsp3) is 0.500. The molecule has 0 aliphatic carbocycles. The minimum atomic E-state index is -0.114. The number of likely N-dealkylation sites (tertiary alicyclic amines) is 1. The third-order valence-electron chi connectivity index (χ3n) is 4.30. The molecule has 1 aliphatic rings. The molecule has 2 aromatic rings. The Morgan fingerprint density at radius 3 is 3.08 bits per heavy atom. The van der Waals surface area contributed by atoms with Crippen molar-refractivity contribution in [3.05, 3.63) is 46.6 Å². The Kier molecular flexibility index (Phi) is 6.04. The average Bonchev–Trinajstić information content (AvgIpc) is 3.04. The molecule has 1 aromatic heterocycles. The van der Waals surface area contributed by atoms with Gasteiger partial charge in [-0.3, -0.25) is 9.69 Å². The monoisotopic (exact) mass is 363 g/mol. The molecule has 0 radical (unpaired) electrons. The number of carbonyl (C=O) groups is 1. The van der Waals surface area contributed by atoms with Crippen LogP contribution >= 0.6 is 11.6 Å². The van der Waals surface area contributed by atoms with E-state index in [1.165, 1.54) is 0 Å². The first kappa shape index (κ1) is 17.9. The van der Waals surface area contributed by atoms with Gasteiger partial charge in [-0.05, 0) is 37.9 Å².